The van der Waals surface area contributed by atoms with Crippen molar-refractivity contribution in [3.05, 3.63) is 0 Å². The highest BCUT2D eigenvalue weighted by Crippen LogP contribution is 2.38. The lowest BCUT2D eigenvalue weighted by atomic mass is 9.85. The van der Waals surface area contributed by atoms with Gasteiger partial charge in [-0.15, -0.1) is 0 Å². The van der Waals surface area contributed by atoms with Crippen LogP contribution in [0.1, 0.15) is 71.6 Å². The zero-order chi connectivity index (χ0) is 15.1. The van der Waals surface area contributed by atoms with E-state index in [1.54, 1.807) is 0 Å². The Hall–Kier alpha value is -0.590. The monoisotopic (exact) mass is 292 g/mol. The van der Waals surface area contributed by atoms with Gasteiger partial charge >= 0.3 is 0 Å². The fourth-order valence-corrected chi connectivity index (χ4v) is 4.01. The number of rotatable bonds is 7. The van der Waals surface area contributed by atoms with Crippen LogP contribution in [-0.2, 0) is 4.74 Å². The topological polar surface area (TPSA) is 45.0 Å². The van der Waals surface area contributed by atoms with Crippen molar-refractivity contribution in [3.8, 4) is 6.07 Å². The van der Waals surface area contributed by atoms with Gasteiger partial charge in [0, 0.05) is 6.61 Å². The second kappa shape index (κ2) is 8.15. The molecule has 3 heteroatoms. The van der Waals surface area contributed by atoms with Crippen LogP contribution in [0.3, 0.4) is 0 Å². The second-order valence-corrected chi connectivity index (χ2v) is 7.14. The van der Waals surface area contributed by atoms with Crippen molar-refractivity contribution in [2.45, 2.75) is 83.3 Å². The summed E-state index contributed by atoms with van der Waals surface area (Å²) < 4.78 is 6.10. The first-order valence-corrected chi connectivity index (χ1v) is 8.98. The molecule has 2 aliphatic rings. The van der Waals surface area contributed by atoms with Crippen LogP contribution < -0.4 is 5.32 Å². The van der Waals surface area contributed by atoms with Gasteiger partial charge in [0.15, 0.2) is 0 Å². The van der Waals surface area contributed by atoms with E-state index in [1.807, 2.05) is 0 Å². The molecular formula is C18H32N2O. The molecule has 2 atom stereocenters. The molecule has 3 nitrogen and oxygen atoms in total. The quantitative estimate of drug-likeness (QED) is 0.770. The Balaban J connectivity index is 1.75. The van der Waals surface area contributed by atoms with Crippen LogP contribution in [-0.4, -0.2) is 24.8 Å². The summed E-state index contributed by atoms with van der Waals surface area (Å²) in [5.74, 6) is 1.35. The Labute approximate surface area is 130 Å². The number of nitrogens with zero attached hydrogens (tertiary/aromatic N) is 1. The van der Waals surface area contributed by atoms with E-state index in [0.29, 0.717) is 12.0 Å². The van der Waals surface area contributed by atoms with Crippen LogP contribution in [0.15, 0.2) is 0 Å². The molecule has 0 radical (unpaired) electrons. The Morgan fingerprint density at radius 1 is 1.24 bits per heavy atom. The van der Waals surface area contributed by atoms with Crippen molar-refractivity contribution in [2.24, 2.45) is 11.8 Å². The van der Waals surface area contributed by atoms with Crippen LogP contribution in [0.5, 0.6) is 0 Å². The summed E-state index contributed by atoms with van der Waals surface area (Å²) in [5.41, 5.74) is -0.277. The van der Waals surface area contributed by atoms with Gasteiger partial charge in [-0.25, -0.2) is 0 Å². The SMILES string of the molecule is CCCNC1(C#N)CCCC1CCOC1CCC(C)CC1. The Kier molecular flexibility index (Phi) is 6.51. The van der Waals surface area contributed by atoms with Gasteiger partial charge in [0.2, 0.25) is 0 Å². The Morgan fingerprint density at radius 3 is 2.67 bits per heavy atom. The van der Waals surface area contributed by atoms with Gasteiger partial charge in [-0.05, 0) is 69.7 Å². The fourth-order valence-electron chi connectivity index (χ4n) is 4.01. The molecule has 2 unspecified atom stereocenters. The number of nitrogens with one attached hydrogen (secondary N) is 1. The van der Waals surface area contributed by atoms with Crippen LogP contribution >= 0.6 is 0 Å². The van der Waals surface area contributed by atoms with Gasteiger partial charge < -0.3 is 4.74 Å². The zero-order valence-electron chi connectivity index (χ0n) is 13.9. The normalized spacial score (nSPS) is 36.5. The summed E-state index contributed by atoms with van der Waals surface area (Å²) in [4.78, 5) is 0. The van der Waals surface area contributed by atoms with Crippen molar-refractivity contribution in [1.29, 1.82) is 5.26 Å². The summed E-state index contributed by atoms with van der Waals surface area (Å²) in [5, 5.41) is 13.2. The van der Waals surface area contributed by atoms with Gasteiger partial charge in [-0.2, -0.15) is 5.26 Å². The van der Waals surface area contributed by atoms with Gasteiger partial charge in [-0.3, -0.25) is 5.32 Å². The molecule has 120 valence electrons. The van der Waals surface area contributed by atoms with E-state index in [9.17, 15) is 5.26 Å². The van der Waals surface area contributed by atoms with E-state index in [1.165, 1.54) is 38.5 Å². The largest absolute Gasteiger partial charge is 0.378 e. The molecule has 0 spiro atoms. The minimum absolute atomic E-state index is 0.277. The van der Waals surface area contributed by atoms with Crippen LogP contribution in [0.2, 0.25) is 0 Å². The minimum atomic E-state index is -0.277. The third-order valence-electron chi connectivity index (χ3n) is 5.49. The number of hydrogen-bond donors (Lipinski definition) is 1. The third-order valence-corrected chi connectivity index (χ3v) is 5.49. The van der Waals surface area contributed by atoms with Crippen molar-refractivity contribution in [1.82, 2.24) is 5.32 Å². The highest BCUT2D eigenvalue weighted by atomic mass is 16.5. The number of ether oxygens (including phenoxy) is 1. The van der Waals surface area contributed by atoms with Gasteiger partial charge in [0.05, 0.1) is 12.2 Å². The molecular weight excluding hydrogens is 260 g/mol. The van der Waals surface area contributed by atoms with Crippen molar-refractivity contribution < 1.29 is 4.74 Å². The molecule has 0 amide bonds. The molecule has 0 aromatic rings. The molecule has 0 bridgehead atoms. The van der Waals surface area contributed by atoms with E-state index in [4.69, 9.17) is 4.74 Å². The average Bonchev–Trinajstić information content (AvgIpc) is 2.91. The van der Waals surface area contributed by atoms with E-state index < -0.39 is 0 Å². The lowest BCUT2D eigenvalue weighted by molar-refractivity contribution is 0.0106. The lowest BCUT2D eigenvalue weighted by Gasteiger charge is -2.31. The smallest absolute Gasteiger partial charge is 0.109 e. The first kappa shape index (κ1) is 16.8. The van der Waals surface area contributed by atoms with E-state index >= 15 is 0 Å². The van der Waals surface area contributed by atoms with Crippen LogP contribution in [0.25, 0.3) is 0 Å². The lowest BCUT2D eigenvalue weighted by Crippen LogP contribution is -2.47. The molecule has 0 aromatic heterocycles. The highest BCUT2D eigenvalue weighted by Gasteiger charge is 2.42. The third kappa shape index (κ3) is 4.44. The summed E-state index contributed by atoms with van der Waals surface area (Å²) in [6.45, 7) is 6.29. The van der Waals surface area contributed by atoms with Crippen LogP contribution in [0, 0.1) is 23.2 Å². The predicted octanol–water partition coefficient (Wildman–Crippen LogP) is 4.03. The zero-order valence-corrected chi connectivity index (χ0v) is 13.9. The molecule has 0 heterocycles. The molecule has 2 saturated carbocycles. The summed E-state index contributed by atoms with van der Waals surface area (Å²) in [6.07, 6.45) is 11.0. The average molecular weight is 292 g/mol. The molecule has 21 heavy (non-hydrogen) atoms. The number of nitriles is 1. The predicted molar refractivity (Wildman–Crippen MR) is 86.0 cm³/mol. The van der Waals surface area contributed by atoms with Gasteiger partial charge in [-0.1, -0.05) is 20.3 Å². The van der Waals surface area contributed by atoms with E-state index in [0.717, 1.165) is 38.3 Å². The molecule has 2 rings (SSSR count). The van der Waals surface area contributed by atoms with Crippen molar-refractivity contribution >= 4 is 0 Å². The standard InChI is InChI=1S/C18H32N2O/c1-3-12-20-18(14-19)11-4-5-16(18)10-13-21-17-8-6-15(2)7-9-17/h15-17,20H,3-13H2,1-2H3. The van der Waals surface area contributed by atoms with Gasteiger partial charge in [0.25, 0.3) is 0 Å². The fraction of sp³-hybridized carbons (Fsp3) is 0.944. The van der Waals surface area contributed by atoms with E-state index in [2.05, 4.69) is 25.2 Å². The molecule has 0 aliphatic heterocycles. The first-order valence-electron chi connectivity index (χ1n) is 8.98. The van der Waals surface area contributed by atoms with Crippen molar-refractivity contribution in [2.75, 3.05) is 13.2 Å². The Morgan fingerprint density at radius 2 is 2.00 bits per heavy atom. The summed E-state index contributed by atoms with van der Waals surface area (Å²) in [7, 11) is 0. The summed E-state index contributed by atoms with van der Waals surface area (Å²) >= 11 is 0. The molecule has 0 saturated heterocycles. The molecule has 1 N–H and O–H groups in total. The highest BCUT2D eigenvalue weighted by molar-refractivity contribution is 5.14. The maximum atomic E-state index is 9.64. The molecule has 2 aliphatic carbocycles. The molecule has 0 aromatic carbocycles. The second-order valence-electron chi connectivity index (χ2n) is 7.14. The van der Waals surface area contributed by atoms with Gasteiger partial charge in [0.1, 0.15) is 5.54 Å². The maximum Gasteiger partial charge on any atom is 0.109 e. The van der Waals surface area contributed by atoms with Crippen LogP contribution in [0.4, 0.5) is 0 Å². The van der Waals surface area contributed by atoms with Crippen molar-refractivity contribution in [3.63, 3.8) is 0 Å². The maximum absolute atomic E-state index is 9.64. The van der Waals surface area contributed by atoms with E-state index in [-0.39, 0.29) is 5.54 Å². The molecule has 2 fully saturated rings. The Bertz CT molecular complexity index is 344. The first-order chi connectivity index (χ1) is 10.2. The minimum Gasteiger partial charge on any atom is -0.378 e. The summed E-state index contributed by atoms with van der Waals surface area (Å²) in [6, 6.07) is 2.59. The number of hydrogen-bond acceptors (Lipinski definition) is 3.